The topological polar surface area (TPSA) is 93.1 Å². The molecule has 23 heavy (non-hydrogen) atoms. The highest BCUT2D eigenvalue weighted by Crippen LogP contribution is 2.32. The number of carbonyl (C=O) groups is 2. The number of carbonyl (C=O) groups excluding carboxylic acids is 2. The number of rotatable bonds is 8. The summed E-state index contributed by atoms with van der Waals surface area (Å²) in [4.78, 5) is 39.2. The molecule has 0 aliphatic carbocycles. The second-order valence-corrected chi connectivity index (χ2v) is 5.99. The Morgan fingerprint density at radius 1 is 1.13 bits per heavy atom. The van der Waals surface area contributed by atoms with E-state index in [0.717, 1.165) is 5.06 Å². The monoisotopic (exact) mass is 340 g/mol. The number of hydroxylamine groups is 2. The normalized spacial score (nSPS) is 15.1. The fraction of sp³-hybridized carbons (Fsp3) is 0.467. The quantitative estimate of drug-likeness (QED) is 0.578. The first-order valence-electron chi connectivity index (χ1n) is 7.40. The van der Waals surface area contributed by atoms with Gasteiger partial charge in [0.05, 0.1) is 16.7 Å². The number of hydrogen-bond donors (Lipinski definition) is 1. The minimum Gasteiger partial charge on any atom is -0.266 e. The van der Waals surface area contributed by atoms with Crippen LogP contribution in [0.3, 0.4) is 0 Å². The van der Waals surface area contributed by atoms with Crippen LogP contribution in [0.5, 0.6) is 0 Å². The average molecular weight is 340 g/mol. The lowest BCUT2D eigenvalue weighted by molar-refractivity contribution is -0.196. The molecule has 7 nitrogen and oxygen atoms in total. The maximum absolute atomic E-state index is 12.4. The van der Waals surface area contributed by atoms with E-state index in [1.54, 1.807) is 24.3 Å². The Morgan fingerprint density at radius 2 is 1.65 bits per heavy atom. The molecule has 0 spiro atoms. The lowest BCUT2D eigenvalue weighted by Gasteiger charge is -2.33. The first kappa shape index (κ1) is 17.7. The van der Waals surface area contributed by atoms with E-state index in [-0.39, 0.29) is 13.0 Å². The van der Waals surface area contributed by atoms with E-state index in [1.807, 2.05) is 13.8 Å². The number of fused-ring (bicyclic) bond motifs is 1. The van der Waals surface area contributed by atoms with E-state index < -0.39 is 25.7 Å². The summed E-state index contributed by atoms with van der Waals surface area (Å²) in [5.74, 6) is -0.989. The minimum absolute atomic E-state index is 0.00342. The van der Waals surface area contributed by atoms with Gasteiger partial charge in [-0.1, -0.05) is 26.0 Å². The van der Waals surface area contributed by atoms with Crippen LogP contribution in [0.15, 0.2) is 24.3 Å². The van der Waals surface area contributed by atoms with Gasteiger partial charge in [0.15, 0.2) is 0 Å². The molecule has 0 aromatic heterocycles. The van der Waals surface area contributed by atoms with E-state index in [2.05, 4.69) is 4.52 Å². The van der Waals surface area contributed by atoms with Crippen molar-refractivity contribution in [2.45, 2.75) is 38.7 Å². The molecule has 0 bridgehead atoms. The smallest absolute Gasteiger partial charge is 0.266 e. The van der Waals surface area contributed by atoms with E-state index >= 15 is 0 Å². The van der Waals surface area contributed by atoms with Gasteiger partial charge in [0.25, 0.3) is 11.8 Å². The van der Waals surface area contributed by atoms with Gasteiger partial charge < -0.3 is 0 Å². The summed E-state index contributed by atoms with van der Waals surface area (Å²) in [6, 6.07) is 6.54. The first-order chi connectivity index (χ1) is 10.9. The summed E-state index contributed by atoms with van der Waals surface area (Å²) in [5, 5.41) is 0.788. The Labute approximate surface area is 135 Å². The summed E-state index contributed by atoms with van der Waals surface area (Å²) >= 11 is 0. The maximum atomic E-state index is 12.4. The van der Waals surface area contributed by atoms with Gasteiger partial charge in [0.1, 0.15) is 6.61 Å². The molecule has 1 N–H and O–H groups in total. The molecule has 1 atom stereocenters. The van der Waals surface area contributed by atoms with Gasteiger partial charge in [-0.2, -0.15) is 0 Å². The van der Waals surface area contributed by atoms with E-state index in [0.29, 0.717) is 24.0 Å². The standard InChI is InChI=1S/C15H18NO6P/c1-3-15(4-2,9-10-21-23(19)20)22-16-13(17)11-7-5-6-8-12(11)14(16)18/h5-8H,3-4,9-10H2,1-2H3/p+1. The molecule has 0 fully saturated rings. The van der Waals surface area contributed by atoms with Crippen LogP contribution >= 0.6 is 8.25 Å². The maximum Gasteiger partial charge on any atom is 0.694 e. The molecule has 1 unspecified atom stereocenters. The van der Waals surface area contributed by atoms with Crippen molar-refractivity contribution in [2.24, 2.45) is 0 Å². The fourth-order valence-corrected chi connectivity index (χ4v) is 2.78. The van der Waals surface area contributed by atoms with Crippen LogP contribution in [-0.2, 0) is 13.9 Å². The van der Waals surface area contributed by atoms with E-state index in [1.165, 1.54) is 0 Å². The van der Waals surface area contributed by atoms with Crippen LogP contribution in [0.1, 0.15) is 53.8 Å². The van der Waals surface area contributed by atoms with Crippen LogP contribution < -0.4 is 0 Å². The Morgan fingerprint density at radius 3 is 2.09 bits per heavy atom. The van der Waals surface area contributed by atoms with E-state index in [4.69, 9.17) is 9.73 Å². The van der Waals surface area contributed by atoms with Crippen LogP contribution in [0.4, 0.5) is 0 Å². The molecule has 0 saturated heterocycles. The highest BCUT2D eigenvalue weighted by molar-refractivity contribution is 7.32. The second-order valence-electron chi connectivity index (χ2n) is 5.25. The summed E-state index contributed by atoms with van der Waals surface area (Å²) in [6.45, 7) is 3.72. The number of imide groups is 1. The van der Waals surface area contributed by atoms with Crippen molar-refractivity contribution in [1.82, 2.24) is 5.06 Å². The highest BCUT2D eigenvalue weighted by atomic mass is 31.1. The third-order valence-corrected chi connectivity index (χ3v) is 4.49. The van der Waals surface area contributed by atoms with Crippen molar-refractivity contribution >= 4 is 20.1 Å². The molecule has 0 saturated carbocycles. The second kappa shape index (κ2) is 7.27. The third-order valence-electron chi connectivity index (χ3n) is 4.09. The number of hydrogen-bond acceptors (Lipinski definition) is 5. The molecule has 124 valence electrons. The predicted octanol–water partition coefficient (Wildman–Crippen LogP) is 2.83. The van der Waals surface area contributed by atoms with Gasteiger partial charge in [-0.15, -0.1) is 14.5 Å². The molecular weight excluding hydrogens is 321 g/mol. The number of nitrogens with zero attached hydrogens (tertiary/aromatic N) is 1. The molecule has 1 aliphatic rings. The van der Waals surface area contributed by atoms with Gasteiger partial charge >= 0.3 is 8.25 Å². The predicted molar refractivity (Wildman–Crippen MR) is 81.7 cm³/mol. The molecule has 1 aromatic rings. The molecule has 1 aliphatic heterocycles. The van der Waals surface area contributed by atoms with Crippen molar-refractivity contribution in [1.29, 1.82) is 0 Å². The molecule has 1 aromatic carbocycles. The average Bonchev–Trinajstić information content (AvgIpc) is 2.79. The molecule has 0 radical (unpaired) electrons. The molecule has 2 rings (SSSR count). The Hall–Kier alpha value is -1.66. The van der Waals surface area contributed by atoms with Crippen LogP contribution in [0.25, 0.3) is 0 Å². The lowest BCUT2D eigenvalue weighted by Crippen LogP contribution is -2.43. The molecular formula is C15H19NO6P+. The van der Waals surface area contributed by atoms with Crippen LogP contribution in [0.2, 0.25) is 0 Å². The van der Waals surface area contributed by atoms with Gasteiger partial charge in [-0.3, -0.25) is 14.4 Å². The van der Waals surface area contributed by atoms with Crippen molar-refractivity contribution < 1.29 is 28.4 Å². The zero-order valence-corrected chi connectivity index (χ0v) is 13.9. The van der Waals surface area contributed by atoms with Gasteiger partial charge in [0.2, 0.25) is 0 Å². The summed E-state index contributed by atoms with van der Waals surface area (Å²) in [5.41, 5.74) is -0.194. The highest BCUT2D eigenvalue weighted by Gasteiger charge is 2.42. The van der Waals surface area contributed by atoms with Gasteiger partial charge in [-0.05, 0) is 25.0 Å². The third kappa shape index (κ3) is 3.64. The number of amides is 2. The van der Waals surface area contributed by atoms with Gasteiger partial charge in [-0.25, -0.2) is 0 Å². The Bertz CT molecular complexity index is 593. The molecule has 2 amide bonds. The van der Waals surface area contributed by atoms with E-state index in [9.17, 15) is 14.2 Å². The van der Waals surface area contributed by atoms with Gasteiger partial charge in [0, 0.05) is 11.0 Å². The summed E-state index contributed by atoms with van der Waals surface area (Å²) in [6.07, 6.45) is 1.32. The summed E-state index contributed by atoms with van der Waals surface area (Å²) in [7, 11) is -2.69. The molecule has 8 heteroatoms. The number of benzene rings is 1. The lowest BCUT2D eigenvalue weighted by atomic mass is 9.94. The zero-order chi connectivity index (χ0) is 17.0. The Balaban J connectivity index is 2.16. The minimum atomic E-state index is -2.69. The fourth-order valence-electron chi connectivity index (χ4n) is 2.53. The van der Waals surface area contributed by atoms with Crippen molar-refractivity contribution in [3.8, 4) is 0 Å². The van der Waals surface area contributed by atoms with Crippen molar-refractivity contribution in [2.75, 3.05) is 6.61 Å². The van der Waals surface area contributed by atoms with Crippen LogP contribution in [-0.4, -0.2) is 34.0 Å². The first-order valence-corrected chi connectivity index (χ1v) is 8.53. The SMILES string of the molecule is CCC(CC)(CCO[P+](=O)O)ON1C(=O)c2ccccc2C1=O. The summed E-state index contributed by atoms with van der Waals surface area (Å²) < 4.78 is 15.3. The Kier molecular flexibility index (Phi) is 5.59. The zero-order valence-electron chi connectivity index (χ0n) is 13.0. The van der Waals surface area contributed by atoms with Crippen molar-refractivity contribution in [3.05, 3.63) is 35.4 Å². The van der Waals surface area contributed by atoms with Crippen molar-refractivity contribution in [3.63, 3.8) is 0 Å². The largest absolute Gasteiger partial charge is 0.694 e. The van der Waals surface area contributed by atoms with Crippen LogP contribution in [0, 0.1) is 0 Å². The molecule has 1 heterocycles.